The van der Waals surface area contributed by atoms with Crippen LogP contribution in [-0.4, -0.2) is 65.4 Å². The number of amides is 4. The molecule has 0 spiro atoms. The summed E-state index contributed by atoms with van der Waals surface area (Å²) in [7, 11) is 0. The normalized spacial score (nSPS) is 14.6. The molecule has 0 aromatic heterocycles. The van der Waals surface area contributed by atoms with E-state index >= 15 is 0 Å². The standard InChI is InChI=1S/C23H44N6O6/c1-13(2)11-17(28-20(31)15(25)8-9-19(26)30)22(33)27-16(7-5-6-10-24)21(32)29-18(23(34)35)12-14(3)4/h13-18H,5-12,24-25H2,1-4H3,(H2,26,30)(H,27,33)(H,28,31)(H,29,32)(H,34,35). The van der Waals surface area contributed by atoms with Crippen molar-refractivity contribution in [3.63, 3.8) is 0 Å². The van der Waals surface area contributed by atoms with Crippen LogP contribution in [0.3, 0.4) is 0 Å². The Labute approximate surface area is 207 Å². The van der Waals surface area contributed by atoms with Crippen LogP contribution in [0.1, 0.15) is 72.6 Å². The average molecular weight is 501 g/mol. The summed E-state index contributed by atoms with van der Waals surface area (Å²) >= 11 is 0. The lowest BCUT2D eigenvalue weighted by Crippen LogP contribution is -2.57. The molecule has 0 saturated carbocycles. The number of aliphatic carboxylic acids is 1. The molecule has 4 unspecified atom stereocenters. The van der Waals surface area contributed by atoms with Crippen LogP contribution in [0.5, 0.6) is 0 Å². The van der Waals surface area contributed by atoms with E-state index in [0.29, 0.717) is 19.4 Å². The number of primary amides is 1. The Kier molecular flexibility index (Phi) is 15.5. The Morgan fingerprint density at radius 2 is 1.23 bits per heavy atom. The fraction of sp³-hybridized carbons (Fsp3) is 0.783. The summed E-state index contributed by atoms with van der Waals surface area (Å²) in [5, 5.41) is 17.2. The van der Waals surface area contributed by atoms with Crippen LogP contribution in [0.15, 0.2) is 0 Å². The van der Waals surface area contributed by atoms with Gasteiger partial charge >= 0.3 is 5.97 Å². The Morgan fingerprint density at radius 1 is 0.743 bits per heavy atom. The maximum atomic E-state index is 13.1. The van der Waals surface area contributed by atoms with E-state index in [0.717, 1.165) is 0 Å². The molecule has 0 saturated heterocycles. The summed E-state index contributed by atoms with van der Waals surface area (Å²) in [6.45, 7) is 7.83. The van der Waals surface area contributed by atoms with Crippen LogP contribution in [-0.2, 0) is 24.0 Å². The second kappa shape index (κ2) is 16.8. The van der Waals surface area contributed by atoms with Gasteiger partial charge in [0, 0.05) is 6.42 Å². The minimum atomic E-state index is -1.16. The van der Waals surface area contributed by atoms with Crippen LogP contribution in [0.25, 0.3) is 0 Å². The van der Waals surface area contributed by atoms with Crippen molar-refractivity contribution in [3.8, 4) is 0 Å². The Balaban J connectivity index is 5.50. The third kappa shape index (κ3) is 14.3. The molecule has 0 aromatic rings. The largest absolute Gasteiger partial charge is 0.480 e. The molecule has 0 bridgehead atoms. The predicted octanol–water partition coefficient (Wildman–Crippen LogP) is -0.661. The maximum Gasteiger partial charge on any atom is 0.326 e. The molecule has 0 fully saturated rings. The molecule has 0 rings (SSSR count). The monoisotopic (exact) mass is 500 g/mol. The summed E-state index contributed by atoms with van der Waals surface area (Å²) in [5.74, 6) is -3.50. The van der Waals surface area contributed by atoms with Crippen molar-refractivity contribution in [3.05, 3.63) is 0 Å². The highest BCUT2D eigenvalue weighted by molar-refractivity contribution is 5.94. The summed E-state index contributed by atoms with van der Waals surface area (Å²) in [6, 6.07) is -4.09. The zero-order valence-corrected chi connectivity index (χ0v) is 21.3. The van der Waals surface area contributed by atoms with E-state index in [1.807, 2.05) is 27.7 Å². The number of carboxylic acids is 1. The van der Waals surface area contributed by atoms with E-state index in [4.69, 9.17) is 17.2 Å². The number of rotatable bonds is 18. The molecular weight excluding hydrogens is 456 g/mol. The molecular formula is C23H44N6O6. The van der Waals surface area contributed by atoms with E-state index in [1.165, 1.54) is 0 Å². The number of carboxylic acid groups (broad SMARTS) is 1. The van der Waals surface area contributed by atoms with Crippen molar-refractivity contribution < 1.29 is 29.1 Å². The first-order chi connectivity index (χ1) is 16.3. The molecule has 12 nitrogen and oxygen atoms in total. The van der Waals surface area contributed by atoms with Gasteiger partial charge in [-0.15, -0.1) is 0 Å². The average Bonchev–Trinajstić information content (AvgIpc) is 2.74. The summed E-state index contributed by atoms with van der Waals surface area (Å²) in [6.07, 6.45) is 1.89. The van der Waals surface area contributed by atoms with Gasteiger partial charge in [0.1, 0.15) is 18.1 Å². The lowest BCUT2D eigenvalue weighted by Gasteiger charge is -2.26. The Morgan fingerprint density at radius 3 is 1.71 bits per heavy atom. The number of unbranched alkanes of at least 4 members (excludes halogenated alkanes) is 1. The topological polar surface area (TPSA) is 220 Å². The number of hydrogen-bond donors (Lipinski definition) is 7. The zero-order valence-electron chi connectivity index (χ0n) is 21.3. The van der Waals surface area contributed by atoms with Gasteiger partial charge in [-0.1, -0.05) is 27.7 Å². The van der Waals surface area contributed by atoms with Gasteiger partial charge in [-0.2, -0.15) is 0 Å². The first-order valence-corrected chi connectivity index (χ1v) is 12.2. The highest BCUT2D eigenvalue weighted by Gasteiger charge is 2.30. The van der Waals surface area contributed by atoms with Gasteiger partial charge in [-0.3, -0.25) is 19.2 Å². The SMILES string of the molecule is CC(C)CC(NC(=O)C(CCCCN)NC(=O)C(CC(C)C)NC(=O)C(N)CCC(N)=O)C(=O)O. The van der Waals surface area contributed by atoms with E-state index in [2.05, 4.69) is 16.0 Å². The minimum absolute atomic E-state index is 0.0276. The third-order valence-electron chi connectivity index (χ3n) is 5.28. The molecule has 0 aromatic carbocycles. The molecule has 0 aliphatic heterocycles. The highest BCUT2D eigenvalue weighted by Crippen LogP contribution is 2.10. The predicted molar refractivity (Wildman–Crippen MR) is 132 cm³/mol. The Bertz CT molecular complexity index is 715. The van der Waals surface area contributed by atoms with Crippen molar-refractivity contribution in [1.82, 2.24) is 16.0 Å². The molecule has 12 heteroatoms. The van der Waals surface area contributed by atoms with E-state index in [-0.39, 0.29) is 43.9 Å². The van der Waals surface area contributed by atoms with Crippen LogP contribution in [0, 0.1) is 11.8 Å². The molecule has 4 amide bonds. The highest BCUT2D eigenvalue weighted by atomic mass is 16.4. The van der Waals surface area contributed by atoms with Crippen LogP contribution < -0.4 is 33.2 Å². The fourth-order valence-corrected chi connectivity index (χ4v) is 3.41. The molecule has 35 heavy (non-hydrogen) atoms. The number of hydrogen-bond acceptors (Lipinski definition) is 7. The van der Waals surface area contributed by atoms with Gasteiger partial charge in [0.25, 0.3) is 0 Å². The van der Waals surface area contributed by atoms with Crippen LogP contribution in [0.4, 0.5) is 0 Å². The van der Waals surface area contributed by atoms with E-state index in [1.54, 1.807) is 0 Å². The third-order valence-corrected chi connectivity index (χ3v) is 5.28. The smallest absolute Gasteiger partial charge is 0.326 e. The van der Waals surface area contributed by atoms with E-state index < -0.39 is 53.8 Å². The molecule has 0 heterocycles. The van der Waals surface area contributed by atoms with Gasteiger partial charge in [0.15, 0.2) is 0 Å². The summed E-state index contributed by atoms with van der Waals surface area (Å²) < 4.78 is 0. The van der Waals surface area contributed by atoms with Gasteiger partial charge in [0.2, 0.25) is 23.6 Å². The lowest BCUT2D eigenvalue weighted by molar-refractivity contribution is -0.143. The van der Waals surface area contributed by atoms with Crippen molar-refractivity contribution >= 4 is 29.6 Å². The number of nitrogens with two attached hydrogens (primary N) is 3. The molecule has 0 radical (unpaired) electrons. The van der Waals surface area contributed by atoms with Crippen molar-refractivity contribution in [2.24, 2.45) is 29.0 Å². The van der Waals surface area contributed by atoms with Crippen LogP contribution in [0.2, 0.25) is 0 Å². The zero-order chi connectivity index (χ0) is 27.1. The minimum Gasteiger partial charge on any atom is -0.480 e. The van der Waals surface area contributed by atoms with Crippen molar-refractivity contribution in [2.45, 2.75) is 96.8 Å². The molecule has 202 valence electrons. The first-order valence-electron chi connectivity index (χ1n) is 12.2. The molecule has 0 aliphatic carbocycles. The maximum absolute atomic E-state index is 13.1. The van der Waals surface area contributed by atoms with Crippen LogP contribution >= 0.6 is 0 Å². The number of carbonyl (C=O) groups excluding carboxylic acids is 4. The molecule has 0 aliphatic rings. The number of nitrogens with one attached hydrogen (secondary N) is 3. The number of carbonyl (C=O) groups is 5. The van der Waals surface area contributed by atoms with Gasteiger partial charge in [-0.05, 0) is 56.9 Å². The van der Waals surface area contributed by atoms with Crippen molar-refractivity contribution in [2.75, 3.05) is 6.54 Å². The van der Waals surface area contributed by atoms with Crippen molar-refractivity contribution in [1.29, 1.82) is 0 Å². The summed E-state index contributed by atoms with van der Waals surface area (Å²) in [5.41, 5.74) is 16.5. The Hall–Kier alpha value is -2.73. The first kappa shape index (κ1) is 32.3. The van der Waals surface area contributed by atoms with E-state index in [9.17, 15) is 29.1 Å². The van der Waals surface area contributed by atoms with Gasteiger partial charge in [-0.25, -0.2) is 4.79 Å². The quantitative estimate of drug-likeness (QED) is 0.119. The lowest BCUT2D eigenvalue weighted by atomic mass is 10.0. The molecule has 4 atom stereocenters. The summed E-state index contributed by atoms with van der Waals surface area (Å²) in [4.78, 5) is 61.0. The second-order valence-corrected chi connectivity index (χ2v) is 9.68. The second-order valence-electron chi connectivity index (χ2n) is 9.68. The van der Waals surface area contributed by atoms with Gasteiger partial charge < -0.3 is 38.3 Å². The van der Waals surface area contributed by atoms with Gasteiger partial charge in [0.05, 0.1) is 6.04 Å². The molecule has 10 N–H and O–H groups in total. The fourth-order valence-electron chi connectivity index (χ4n) is 3.41.